The highest BCUT2D eigenvalue weighted by Gasteiger charge is 2.73. The van der Waals surface area contributed by atoms with Gasteiger partial charge in [0.1, 0.15) is 11.5 Å². The Morgan fingerprint density at radius 1 is 0.963 bits per heavy atom. The molecule has 6 heteroatoms. The number of rotatable bonds is 6. The smallest absolute Gasteiger partial charge is 0.231 e. The molecular weight excluding hydrogens is 344 g/mol. The minimum absolute atomic E-state index is 0.0474. The molecule has 1 aromatic carbocycles. The molecule has 6 nitrogen and oxygen atoms in total. The number of carbonyl (C=O) groups excluding carboxylic acids is 2. The fourth-order valence-corrected chi connectivity index (χ4v) is 4.61. The van der Waals surface area contributed by atoms with Crippen molar-refractivity contribution in [2.75, 3.05) is 32.6 Å². The fraction of sp³-hybridized carbons (Fsp3) is 0.619. The van der Waals surface area contributed by atoms with E-state index < -0.39 is 10.8 Å². The lowest BCUT2D eigenvalue weighted by Crippen LogP contribution is -2.47. The SMILES string of the molecule is COc1ccc(NC(=O)C2(C3(C(=O)N4CCCCC4)CC3)CC2)c(OC)c1. The Hall–Kier alpha value is -2.24. The molecule has 0 radical (unpaired) electrons. The third-order valence-corrected chi connectivity index (χ3v) is 6.56. The minimum atomic E-state index is -0.549. The average molecular weight is 372 g/mol. The molecule has 0 aromatic heterocycles. The summed E-state index contributed by atoms with van der Waals surface area (Å²) < 4.78 is 10.6. The number of hydrogen-bond donors (Lipinski definition) is 1. The number of amides is 2. The van der Waals surface area contributed by atoms with Crippen LogP contribution in [-0.4, -0.2) is 44.0 Å². The zero-order valence-electron chi connectivity index (χ0n) is 16.2. The Bertz CT molecular complexity index is 747. The number of methoxy groups -OCH3 is 2. The predicted molar refractivity (Wildman–Crippen MR) is 102 cm³/mol. The molecular formula is C21H28N2O4. The van der Waals surface area contributed by atoms with E-state index in [-0.39, 0.29) is 11.8 Å². The largest absolute Gasteiger partial charge is 0.497 e. The number of ether oxygens (including phenoxy) is 2. The normalized spacial score (nSPS) is 21.9. The van der Waals surface area contributed by atoms with E-state index in [0.29, 0.717) is 17.2 Å². The molecule has 0 spiro atoms. The number of carbonyl (C=O) groups is 2. The molecule has 1 heterocycles. The highest BCUT2D eigenvalue weighted by Crippen LogP contribution is 2.71. The second-order valence-corrected chi connectivity index (χ2v) is 8.04. The summed E-state index contributed by atoms with van der Waals surface area (Å²) in [5.74, 6) is 1.39. The quantitative estimate of drug-likeness (QED) is 0.833. The van der Waals surface area contributed by atoms with Crippen molar-refractivity contribution in [3.05, 3.63) is 18.2 Å². The van der Waals surface area contributed by atoms with E-state index >= 15 is 0 Å². The van der Waals surface area contributed by atoms with Crippen LogP contribution in [0.4, 0.5) is 5.69 Å². The first-order chi connectivity index (χ1) is 13.1. The summed E-state index contributed by atoms with van der Waals surface area (Å²) in [6.07, 6.45) is 6.58. The maximum atomic E-state index is 13.2. The van der Waals surface area contributed by atoms with Gasteiger partial charge in [0.25, 0.3) is 0 Å². The molecule has 2 saturated carbocycles. The summed E-state index contributed by atoms with van der Waals surface area (Å²) in [5.41, 5.74) is -0.406. The van der Waals surface area contributed by atoms with Crippen molar-refractivity contribution >= 4 is 17.5 Å². The van der Waals surface area contributed by atoms with Crippen LogP contribution < -0.4 is 14.8 Å². The molecule has 1 aromatic rings. The van der Waals surface area contributed by atoms with Crippen molar-refractivity contribution in [2.45, 2.75) is 44.9 Å². The van der Waals surface area contributed by atoms with Gasteiger partial charge in [-0.1, -0.05) is 0 Å². The Morgan fingerprint density at radius 3 is 2.19 bits per heavy atom. The number of benzene rings is 1. The second kappa shape index (κ2) is 6.73. The standard InChI is InChI=1S/C21H28N2O4/c1-26-15-6-7-16(17(14-15)27-2)22-18(24)20(8-9-20)21(10-11-21)19(25)23-12-4-3-5-13-23/h6-7,14H,3-5,8-13H2,1-2H3,(H,22,24). The highest BCUT2D eigenvalue weighted by atomic mass is 16.5. The van der Waals surface area contributed by atoms with E-state index in [0.717, 1.165) is 51.6 Å². The van der Waals surface area contributed by atoms with E-state index in [4.69, 9.17) is 9.47 Å². The van der Waals surface area contributed by atoms with Gasteiger partial charge in [-0.05, 0) is 57.1 Å². The monoisotopic (exact) mass is 372 g/mol. The van der Waals surface area contributed by atoms with Crippen LogP contribution in [0.1, 0.15) is 44.9 Å². The van der Waals surface area contributed by atoms with Crippen molar-refractivity contribution in [1.29, 1.82) is 0 Å². The molecule has 1 N–H and O–H groups in total. The third-order valence-electron chi connectivity index (χ3n) is 6.56. The van der Waals surface area contributed by atoms with Crippen molar-refractivity contribution in [3.63, 3.8) is 0 Å². The van der Waals surface area contributed by atoms with Gasteiger partial charge >= 0.3 is 0 Å². The minimum Gasteiger partial charge on any atom is -0.497 e. The molecule has 0 unspecified atom stereocenters. The molecule has 4 rings (SSSR count). The Kier molecular flexibility index (Phi) is 4.52. The van der Waals surface area contributed by atoms with Gasteiger partial charge in [0.05, 0.1) is 30.7 Å². The van der Waals surface area contributed by atoms with Gasteiger partial charge in [-0.15, -0.1) is 0 Å². The number of hydrogen-bond acceptors (Lipinski definition) is 4. The lowest BCUT2D eigenvalue weighted by Gasteiger charge is -2.34. The molecule has 3 aliphatic rings. The van der Waals surface area contributed by atoms with Crippen LogP contribution >= 0.6 is 0 Å². The van der Waals surface area contributed by atoms with Crippen LogP contribution in [0.15, 0.2) is 18.2 Å². The van der Waals surface area contributed by atoms with E-state index in [1.807, 2.05) is 4.90 Å². The molecule has 27 heavy (non-hydrogen) atoms. The van der Waals surface area contributed by atoms with Gasteiger partial charge < -0.3 is 19.7 Å². The zero-order valence-corrected chi connectivity index (χ0v) is 16.2. The summed E-state index contributed by atoms with van der Waals surface area (Å²) in [4.78, 5) is 28.5. The first-order valence-electron chi connectivity index (χ1n) is 9.89. The number of nitrogens with one attached hydrogen (secondary N) is 1. The van der Waals surface area contributed by atoms with Gasteiger partial charge in [-0.3, -0.25) is 9.59 Å². The molecule has 0 bridgehead atoms. The van der Waals surface area contributed by atoms with E-state index in [1.165, 1.54) is 6.42 Å². The van der Waals surface area contributed by atoms with Crippen molar-refractivity contribution in [2.24, 2.45) is 10.8 Å². The van der Waals surface area contributed by atoms with Crippen LogP contribution in [0, 0.1) is 10.8 Å². The average Bonchev–Trinajstić information content (AvgIpc) is 3.61. The lowest BCUT2D eigenvalue weighted by atomic mass is 9.82. The maximum Gasteiger partial charge on any atom is 0.231 e. The fourth-order valence-electron chi connectivity index (χ4n) is 4.61. The van der Waals surface area contributed by atoms with Gasteiger partial charge in [-0.2, -0.15) is 0 Å². The van der Waals surface area contributed by atoms with Gasteiger partial charge in [0.2, 0.25) is 11.8 Å². The van der Waals surface area contributed by atoms with Crippen LogP contribution in [0.25, 0.3) is 0 Å². The number of likely N-dealkylation sites (tertiary alicyclic amines) is 1. The number of anilines is 1. The lowest BCUT2D eigenvalue weighted by molar-refractivity contribution is -0.144. The van der Waals surface area contributed by atoms with Crippen LogP contribution in [-0.2, 0) is 9.59 Å². The van der Waals surface area contributed by atoms with E-state index in [2.05, 4.69) is 5.32 Å². The molecule has 146 valence electrons. The van der Waals surface area contributed by atoms with Crippen molar-refractivity contribution in [1.82, 2.24) is 4.90 Å². The summed E-state index contributed by atoms with van der Waals surface area (Å²) in [5, 5.41) is 3.03. The summed E-state index contributed by atoms with van der Waals surface area (Å²) >= 11 is 0. The highest BCUT2D eigenvalue weighted by molar-refractivity contribution is 6.04. The first-order valence-corrected chi connectivity index (χ1v) is 9.89. The van der Waals surface area contributed by atoms with Crippen molar-refractivity contribution in [3.8, 4) is 11.5 Å². The Balaban J connectivity index is 1.53. The number of piperidine rings is 1. The van der Waals surface area contributed by atoms with Crippen LogP contribution in [0.3, 0.4) is 0 Å². The van der Waals surface area contributed by atoms with Gasteiger partial charge in [0, 0.05) is 19.2 Å². The maximum absolute atomic E-state index is 13.2. The Morgan fingerprint density at radius 2 is 1.63 bits per heavy atom. The summed E-state index contributed by atoms with van der Waals surface area (Å²) in [7, 11) is 3.16. The van der Waals surface area contributed by atoms with Crippen molar-refractivity contribution < 1.29 is 19.1 Å². The summed E-state index contributed by atoms with van der Waals surface area (Å²) in [6, 6.07) is 5.34. The van der Waals surface area contributed by atoms with Gasteiger partial charge in [0.15, 0.2) is 0 Å². The van der Waals surface area contributed by atoms with E-state index in [1.54, 1.807) is 32.4 Å². The molecule has 3 fully saturated rings. The molecule has 1 aliphatic heterocycles. The number of nitrogens with zero attached hydrogens (tertiary/aromatic N) is 1. The molecule has 2 aliphatic carbocycles. The topological polar surface area (TPSA) is 67.9 Å². The molecule has 1 saturated heterocycles. The van der Waals surface area contributed by atoms with Gasteiger partial charge in [-0.25, -0.2) is 0 Å². The van der Waals surface area contributed by atoms with E-state index in [9.17, 15) is 9.59 Å². The summed E-state index contributed by atoms with van der Waals surface area (Å²) in [6.45, 7) is 1.68. The molecule has 2 amide bonds. The second-order valence-electron chi connectivity index (χ2n) is 8.04. The predicted octanol–water partition coefficient (Wildman–Crippen LogP) is 3.22. The molecule has 0 atom stereocenters. The third kappa shape index (κ3) is 2.95. The zero-order chi connectivity index (χ0) is 19.1. The Labute approximate surface area is 160 Å². The first kappa shape index (κ1) is 18.1. The van der Waals surface area contributed by atoms with Crippen LogP contribution in [0.2, 0.25) is 0 Å². The van der Waals surface area contributed by atoms with Crippen LogP contribution in [0.5, 0.6) is 11.5 Å².